The Morgan fingerprint density at radius 2 is 1.54 bits per heavy atom. The molecule has 0 aromatic heterocycles. The molecule has 1 aliphatic heterocycles. The predicted molar refractivity (Wildman–Crippen MR) is 102 cm³/mol. The standard InChI is InChI=1S/C21H28O2Si/c1-24(2,21-11-7-4-8-12-21)17-20-14-13-19(23-20)16-22-15-18-9-5-3-6-10-18/h3-12,19-20H,13-17H2,1-2H3/t19-,20-/m0/s1. The Kier molecular flexibility index (Phi) is 5.88. The van der Waals surface area contributed by atoms with E-state index < -0.39 is 8.07 Å². The van der Waals surface area contributed by atoms with Gasteiger partial charge < -0.3 is 9.47 Å². The van der Waals surface area contributed by atoms with Gasteiger partial charge in [0.25, 0.3) is 0 Å². The fourth-order valence-corrected chi connectivity index (χ4v) is 6.28. The summed E-state index contributed by atoms with van der Waals surface area (Å²) < 4.78 is 12.1. The first-order chi connectivity index (χ1) is 11.6. The van der Waals surface area contributed by atoms with Crippen LogP contribution in [0, 0.1) is 0 Å². The van der Waals surface area contributed by atoms with E-state index in [0.717, 1.165) is 6.42 Å². The fourth-order valence-electron chi connectivity index (χ4n) is 3.51. The first-order valence-electron chi connectivity index (χ1n) is 8.96. The highest BCUT2D eigenvalue weighted by atomic mass is 28.3. The van der Waals surface area contributed by atoms with Crippen LogP contribution in [0.2, 0.25) is 19.1 Å². The third-order valence-corrected chi connectivity index (χ3v) is 8.28. The number of ether oxygens (including phenoxy) is 2. The van der Waals surface area contributed by atoms with Crippen molar-refractivity contribution in [2.24, 2.45) is 0 Å². The van der Waals surface area contributed by atoms with E-state index in [1.807, 2.05) is 6.07 Å². The Balaban J connectivity index is 1.44. The number of benzene rings is 2. The van der Waals surface area contributed by atoms with E-state index in [-0.39, 0.29) is 6.10 Å². The van der Waals surface area contributed by atoms with E-state index in [2.05, 4.69) is 67.7 Å². The highest BCUT2D eigenvalue weighted by Gasteiger charge is 2.33. The lowest BCUT2D eigenvalue weighted by atomic mass is 10.2. The van der Waals surface area contributed by atoms with Crippen LogP contribution in [0.3, 0.4) is 0 Å². The van der Waals surface area contributed by atoms with Crippen LogP contribution in [-0.4, -0.2) is 26.9 Å². The van der Waals surface area contributed by atoms with Crippen molar-refractivity contribution in [3.63, 3.8) is 0 Å². The summed E-state index contributed by atoms with van der Waals surface area (Å²) in [6, 6.07) is 22.5. The van der Waals surface area contributed by atoms with Crippen molar-refractivity contribution in [2.75, 3.05) is 6.61 Å². The van der Waals surface area contributed by atoms with E-state index in [1.54, 1.807) is 0 Å². The maximum absolute atomic E-state index is 6.27. The third kappa shape index (κ3) is 4.79. The zero-order valence-corrected chi connectivity index (χ0v) is 15.8. The summed E-state index contributed by atoms with van der Waals surface area (Å²) in [4.78, 5) is 0. The quantitative estimate of drug-likeness (QED) is 0.697. The average molecular weight is 341 g/mol. The SMILES string of the molecule is C[Si](C)(C[C@@H]1CC[C@@H](COCc2ccccc2)O1)c1ccccc1. The average Bonchev–Trinajstić information content (AvgIpc) is 3.03. The van der Waals surface area contributed by atoms with E-state index in [0.29, 0.717) is 19.3 Å². The molecule has 1 heterocycles. The van der Waals surface area contributed by atoms with Crippen LogP contribution in [0.1, 0.15) is 18.4 Å². The van der Waals surface area contributed by atoms with Gasteiger partial charge in [-0.2, -0.15) is 0 Å². The smallest absolute Gasteiger partial charge is 0.0831 e. The van der Waals surface area contributed by atoms with Gasteiger partial charge in [0.2, 0.25) is 0 Å². The molecule has 2 aromatic rings. The second-order valence-electron chi connectivity index (χ2n) is 7.41. The molecule has 0 unspecified atom stereocenters. The molecule has 0 spiro atoms. The third-order valence-electron chi connectivity index (χ3n) is 4.90. The Morgan fingerprint density at radius 3 is 2.25 bits per heavy atom. The number of hydrogen-bond donors (Lipinski definition) is 0. The molecule has 1 saturated heterocycles. The van der Waals surface area contributed by atoms with Gasteiger partial charge in [0, 0.05) is 0 Å². The Morgan fingerprint density at radius 1 is 0.917 bits per heavy atom. The van der Waals surface area contributed by atoms with Crippen molar-refractivity contribution < 1.29 is 9.47 Å². The predicted octanol–water partition coefficient (Wildman–Crippen LogP) is 4.37. The molecule has 0 amide bonds. The van der Waals surface area contributed by atoms with Gasteiger partial charge in [-0.05, 0) is 24.4 Å². The highest BCUT2D eigenvalue weighted by Crippen LogP contribution is 2.27. The van der Waals surface area contributed by atoms with Gasteiger partial charge in [0.15, 0.2) is 0 Å². The van der Waals surface area contributed by atoms with Crippen molar-refractivity contribution in [3.8, 4) is 0 Å². The van der Waals surface area contributed by atoms with Crippen LogP contribution in [0.15, 0.2) is 60.7 Å². The molecule has 0 radical (unpaired) electrons. The van der Waals surface area contributed by atoms with Gasteiger partial charge in [-0.1, -0.05) is 78.9 Å². The van der Waals surface area contributed by atoms with Crippen molar-refractivity contribution in [1.82, 2.24) is 0 Å². The van der Waals surface area contributed by atoms with Crippen LogP contribution in [0.5, 0.6) is 0 Å². The molecule has 0 aliphatic carbocycles. The van der Waals surface area contributed by atoms with Crippen molar-refractivity contribution >= 4 is 13.3 Å². The molecule has 1 aliphatic rings. The van der Waals surface area contributed by atoms with Crippen LogP contribution < -0.4 is 5.19 Å². The maximum atomic E-state index is 6.27. The highest BCUT2D eigenvalue weighted by molar-refractivity contribution is 6.89. The van der Waals surface area contributed by atoms with E-state index in [4.69, 9.17) is 9.47 Å². The number of rotatable bonds is 7. The first kappa shape index (κ1) is 17.4. The topological polar surface area (TPSA) is 18.5 Å². The molecule has 128 valence electrons. The van der Waals surface area contributed by atoms with Gasteiger partial charge in [-0.15, -0.1) is 0 Å². The minimum absolute atomic E-state index is 0.263. The summed E-state index contributed by atoms with van der Waals surface area (Å²) in [6.45, 7) is 6.28. The van der Waals surface area contributed by atoms with Crippen LogP contribution in [-0.2, 0) is 16.1 Å². The van der Waals surface area contributed by atoms with Crippen LogP contribution in [0.25, 0.3) is 0 Å². The monoisotopic (exact) mass is 340 g/mol. The minimum Gasteiger partial charge on any atom is -0.374 e. The van der Waals surface area contributed by atoms with Gasteiger partial charge >= 0.3 is 0 Å². The molecule has 0 N–H and O–H groups in total. The molecule has 2 nitrogen and oxygen atoms in total. The first-order valence-corrected chi connectivity index (χ1v) is 12.2. The molecule has 2 atom stereocenters. The zero-order valence-electron chi connectivity index (χ0n) is 14.8. The van der Waals surface area contributed by atoms with E-state index in [9.17, 15) is 0 Å². The molecule has 3 heteroatoms. The largest absolute Gasteiger partial charge is 0.374 e. The summed E-state index contributed by atoms with van der Waals surface area (Å²) in [5, 5.41) is 1.53. The molecular weight excluding hydrogens is 312 g/mol. The summed E-state index contributed by atoms with van der Waals surface area (Å²) in [7, 11) is -1.42. The zero-order chi connectivity index (χ0) is 16.8. The minimum atomic E-state index is -1.42. The molecule has 1 fully saturated rings. The van der Waals surface area contributed by atoms with Gasteiger partial charge in [0.05, 0.1) is 33.5 Å². The number of hydrogen-bond acceptors (Lipinski definition) is 2. The Bertz CT molecular complexity index is 612. The van der Waals surface area contributed by atoms with Gasteiger partial charge in [0.1, 0.15) is 0 Å². The molecule has 0 saturated carbocycles. The summed E-state index contributed by atoms with van der Waals surface area (Å²) in [5.74, 6) is 0. The molecular formula is C21H28O2Si. The summed E-state index contributed by atoms with van der Waals surface area (Å²) in [6.07, 6.45) is 2.96. The van der Waals surface area contributed by atoms with Gasteiger partial charge in [-0.3, -0.25) is 0 Å². The van der Waals surface area contributed by atoms with Crippen LogP contribution >= 0.6 is 0 Å². The van der Waals surface area contributed by atoms with Crippen LogP contribution in [0.4, 0.5) is 0 Å². The maximum Gasteiger partial charge on any atom is 0.0831 e. The Hall–Kier alpha value is -1.42. The molecule has 3 rings (SSSR count). The van der Waals surface area contributed by atoms with E-state index >= 15 is 0 Å². The lowest BCUT2D eigenvalue weighted by Crippen LogP contribution is -2.44. The van der Waals surface area contributed by atoms with Gasteiger partial charge in [-0.25, -0.2) is 0 Å². The summed E-state index contributed by atoms with van der Waals surface area (Å²) in [5.41, 5.74) is 1.23. The lowest BCUT2D eigenvalue weighted by Gasteiger charge is -2.26. The molecule has 24 heavy (non-hydrogen) atoms. The second-order valence-corrected chi connectivity index (χ2v) is 12.2. The fraction of sp³-hybridized carbons (Fsp3) is 0.429. The lowest BCUT2D eigenvalue weighted by molar-refractivity contribution is -0.0144. The molecule has 0 bridgehead atoms. The molecule has 2 aromatic carbocycles. The normalized spacial score (nSPS) is 21.1. The Labute approximate surface area is 146 Å². The van der Waals surface area contributed by atoms with Crippen molar-refractivity contribution in [2.45, 2.75) is 50.8 Å². The second kappa shape index (κ2) is 8.10. The van der Waals surface area contributed by atoms with Crippen molar-refractivity contribution in [1.29, 1.82) is 0 Å². The summed E-state index contributed by atoms with van der Waals surface area (Å²) >= 11 is 0. The van der Waals surface area contributed by atoms with Crippen molar-refractivity contribution in [3.05, 3.63) is 66.2 Å². The van der Waals surface area contributed by atoms with E-state index in [1.165, 1.54) is 23.2 Å².